The minimum atomic E-state index is -0.173. The van der Waals surface area contributed by atoms with Crippen molar-refractivity contribution in [3.8, 4) is 0 Å². The zero-order valence-electron chi connectivity index (χ0n) is 13.4. The average Bonchev–Trinajstić information content (AvgIpc) is 2.88. The molecule has 1 saturated carbocycles. The number of ether oxygens (including phenoxy) is 1. The van der Waals surface area contributed by atoms with E-state index in [2.05, 4.69) is 5.32 Å². The van der Waals surface area contributed by atoms with Crippen molar-refractivity contribution in [1.29, 1.82) is 0 Å². The summed E-state index contributed by atoms with van der Waals surface area (Å²) in [4.78, 5) is 13.7. The maximum Gasteiger partial charge on any atom is 0.409 e. The van der Waals surface area contributed by atoms with Crippen molar-refractivity contribution in [2.24, 2.45) is 11.8 Å². The molecule has 0 bridgehead atoms. The van der Waals surface area contributed by atoms with Gasteiger partial charge in [-0.05, 0) is 37.5 Å². The van der Waals surface area contributed by atoms with Crippen molar-refractivity contribution in [2.45, 2.75) is 58.1 Å². The molecule has 1 heterocycles. The van der Waals surface area contributed by atoms with Gasteiger partial charge in [-0.3, -0.25) is 0 Å². The molecule has 0 aromatic rings. The Hall–Kier alpha value is -0.810. The standard InChI is InChI=1S/C16H30N2O3/c1-12(2)11-21-16(20)18-8-6-14(7-9-18)17-10-13-4-3-5-15(13)19/h12-15,17,19H,3-11H2,1-2H3/t13-,15-/m1/s1. The Morgan fingerprint density at radius 3 is 2.57 bits per heavy atom. The summed E-state index contributed by atoms with van der Waals surface area (Å²) >= 11 is 0. The number of aliphatic hydroxyl groups is 1. The second kappa shape index (κ2) is 7.99. The summed E-state index contributed by atoms with van der Waals surface area (Å²) in [6.07, 6.45) is 4.88. The molecular formula is C16H30N2O3. The van der Waals surface area contributed by atoms with E-state index in [0.717, 1.165) is 51.7 Å². The predicted octanol–water partition coefficient (Wildman–Crippen LogP) is 1.99. The highest BCUT2D eigenvalue weighted by molar-refractivity contribution is 5.67. The van der Waals surface area contributed by atoms with Gasteiger partial charge in [-0.15, -0.1) is 0 Å². The summed E-state index contributed by atoms with van der Waals surface area (Å²) in [5.41, 5.74) is 0. The van der Waals surface area contributed by atoms with Crippen LogP contribution in [0.25, 0.3) is 0 Å². The van der Waals surface area contributed by atoms with Crippen LogP contribution in [0.1, 0.15) is 46.0 Å². The number of hydrogen-bond donors (Lipinski definition) is 2. The summed E-state index contributed by atoms with van der Waals surface area (Å²) < 4.78 is 5.27. The second-order valence-corrected chi connectivity index (χ2v) is 6.90. The Morgan fingerprint density at radius 2 is 2.00 bits per heavy atom. The van der Waals surface area contributed by atoms with E-state index < -0.39 is 0 Å². The number of nitrogens with one attached hydrogen (secondary N) is 1. The van der Waals surface area contributed by atoms with Crippen LogP contribution in [-0.2, 0) is 4.74 Å². The van der Waals surface area contributed by atoms with Crippen molar-refractivity contribution in [3.05, 3.63) is 0 Å². The van der Waals surface area contributed by atoms with Crippen molar-refractivity contribution in [3.63, 3.8) is 0 Å². The van der Waals surface area contributed by atoms with Gasteiger partial charge < -0.3 is 20.1 Å². The van der Waals surface area contributed by atoms with E-state index in [1.165, 1.54) is 0 Å². The van der Waals surface area contributed by atoms with Gasteiger partial charge in [0.1, 0.15) is 0 Å². The molecule has 21 heavy (non-hydrogen) atoms. The normalized spacial score (nSPS) is 27.3. The summed E-state index contributed by atoms with van der Waals surface area (Å²) in [5, 5.41) is 13.4. The molecule has 122 valence electrons. The zero-order valence-corrected chi connectivity index (χ0v) is 13.4. The van der Waals surface area contributed by atoms with E-state index in [-0.39, 0.29) is 12.2 Å². The molecular weight excluding hydrogens is 268 g/mol. The Bertz CT molecular complexity index is 327. The van der Waals surface area contributed by atoms with E-state index in [1.54, 1.807) is 0 Å². The SMILES string of the molecule is CC(C)COC(=O)N1CCC(NC[C@H]2CCC[C@H]2O)CC1. The molecule has 5 heteroatoms. The molecule has 0 unspecified atom stereocenters. The van der Waals surface area contributed by atoms with E-state index in [4.69, 9.17) is 4.74 Å². The van der Waals surface area contributed by atoms with Crippen LogP contribution in [0.4, 0.5) is 4.79 Å². The molecule has 1 amide bonds. The van der Waals surface area contributed by atoms with Gasteiger partial charge in [0.2, 0.25) is 0 Å². The molecule has 0 radical (unpaired) electrons. The van der Waals surface area contributed by atoms with Gasteiger partial charge in [0.25, 0.3) is 0 Å². The Kier molecular flexibility index (Phi) is 6.30. The highest BCUT2D eigenvalue weighted by Crippen LogP contribution is 2.25. The molecule has 1 aliphatic heterocycles. The van der Waals surface area contributed by atoms with Crippen molar-refractivity contribution in [2.75, 3.05) is 26.2 Å². The first-order valence-electron chi connectivity index (χ1n) is 8.39. The first-order valence-corrected chi connectivity index (χ1v) is 8.39. The minimum Gasteiger partial charge on any atom is -0.449 e. The van der Waals surface area contributed by atoms with E-state index in [0.29, 0.717) is 24.5 Å². The average molecular weight is 298 g/mol. The highest BCUT2D eigenvalue weighted by Gasteiger charge is 2.27. The molecule has 0 spiro atoms. The third-order valence-corrected chi connectivity index (χ3v) is 4.58. The number of likely N-dealkylation sites (tertiary alicyclic amines) is 1. The van der Waals surface area contributed by atoms with Gasteiger partial charge in [-0.2, -0.15) is 0 Å². The third kappa shape index (κ3) is 5.15. The Balaban J connectivity index is 1.62. The number of nitrogens with zero attached hydrogens (tertiary/aromatic N) is 1. The Morgan fingerprint density at radius 1 is 1.29 bits per heavy atom. The maximum atomic E-state index is 11.9. The number of amides is 1. The van der Waals surface area contributed by atoms with Crippen molar-refractivity contribution >= 4 is 6.09 Å². The summed E-state index contributed by atoms with van der Waals surface area (Å²) in [6.45, 7) is 7.02. The molecule has 0 aromatic heterocycles. The summed E-state index contributed by atoms with van der Waals surface area (Å²) in [7, 11) is 0. The second-order valence-electron chi connectivity index (χ2n) is 6.90. The van der Waals surface area contributed by atoms with Gasteiger partial charge in [0.15, 0.2) is 0 Å². The molecule has 1 aliphatic carbocycles. The highest BCUT2D eigenvalue weighted by atomic mass is 16.6. The molecule has 1 saturated heterocycles. The van der Waals surface area contributed by atoms with Gasteiger partial charge in [-0.25, -0.2) is 4.79 Å². The molecule has 2 rings (SSSR count). The molecule has 2 atom stereocenters. The lowest BCUT2D eigenvalue weighted by atomic mass is 10.0. The summed E-state index contributed by atoms with van der Waals surface area (Å²) in [6, 6.07) is 0.465. The molecule has 0 aromatic carbocycles. The number of carbonyl (C=O) groups is 1. The van der Waals surface area contributed by atoms with Crippen LogP contribution >= 0.6 is 0 Å². The van der Waals surface area contributed by atoms with Crippen LogP contribution in [0.15, 0.2) is 0 Å². The first-order chi connectivity index (χ1) is 10.1. The van der Waals surface area contributed by atoms with Gasteiger partial charge in [0.05, 0.1) is 12.7 Å². The lowest BCUT2D eigenvalue weighted by molar-refractivity contribution is 0.0805. The molecule has 2 aliphatic rings. The predicted molar refractivity (Wildman–Crippen MR) is 82.1 cm³/mol. The summed E-state index contributed by atoms with van der Waals surface area (Å²) in [5.74, 6) is 0.796. The fourth-order valence-electron chi connectivity index (χ4n) is 3.17. The first kappa shape index (κ1) is 16.6. The smallest absolute Gasteiger partial charge is 0.409 e. The van der Waals surface area contributed by atoms with E-state index in [1.807, 2.05) is 18.7 Å². The van der Waals surface area contributed by atoms with Gasteiger partial charge >= 0.3 is 6.09 Å². The van der Waals surface area contributed by atoms with Crippen molar-refractivity contribution < 1.29 is 14.6 Å². The number of carbonyl (C=O) groups excluding carboxylic acids is 1. The third-order valence-electron chi connectivity index (χ3n) is 4.58. The minimum absolute atomic E-state index is 0.122. The zero-order chi connectivity index (χ0) is 15.2. The van der Waals surface area contributed by atoms with Crippen LogP contribution in [0, 0.1) is 11.8 Å². The number of rotatable bonds is 5. The van der Waals surface area contributed by atoms with Crippen LogP contribution in [0.5, 0.6) is 0 Å². The molecule has 5 nitrogen and oxygen atoms in total. The fourth-order valence-corrected chi connectivity index (χ4v) is 3.17. The van der Waals surface area contributed by atoms with Crippen LogP contribution in [0.3, 0.4) is 0 Å². The van der Waals surface area contributed by atoms with Crippen LogP contribution in [-0.4, -0.2) is 54.5 Å². The maximum absolute atomic E-state index is 11.9. The number of aliphatic hydroxyl groups excluding tert-OH is 1. The Labute approximate surface area is 128 Å². The largest absolute Gasteiger partial charge is 0.449 e. The molecule has 2 N–H and O–H groups in total. The topological polar surface area (TPSA) is 61.8 Å². The van der Waals surface area contributed by atoms with E-state index in [9.17, 15) is 9.90 Å². The quantitative estimate of drug-likeness (QED) is 0.815. The lowest BCUT2D eigenvalue weighted by Gasteiger charge is -2.32. The fraction of sp³-hybridized carbons (Fsp3) is 0.938. The van der Waals surface area contributed by atoms with Gasteiger partial charge in [-0.1, -0.05) is 20.3 Å². The van der Waals surface area contributed by atoms with Crippen molar-refractivity contribution in [1.82, 2.24) is 10.2 Å². The number of hydrogen-bond acceptors (Lipinski definition) is 4. The number of piperidine rings is 1. The molecule has 2 fully saturated rings. The van der Waals surface area contributed by atoms with Gasteiger partial charge in [0, 0.05) is 25.7 Å². The monoisotopic (exact) mass is 298 g/mol. The van der Waals surface area contributed by atoms with Crippen LogP contribution < -0.4 is 5.32 Å². The van der Waals surface area contributed by atoms with Crippen LogP contribution in [0.2, 0.25) is 0 Å². The lowest BCUT2D eigenvalue weighted by Crippen LogP contribution is -2.46. The van der Waals surface area contributed by atoms with E-state index >= 15 is 0 Å².